The Morgan fingerprint density at radius 3 is 1.86 bits per heavy atom. The molecule has 2 aromatic rings. The number of fused-ring (bicyclic) bond motifs is 1. The molecule has 0 aliphatic rings. The summed E-state index contributed by atoms with van der Waals surface area (Å²) in [5, 5.41) is 1.83. The third kappa shape index (κ3) is 6.51. The second-order valence-corrected chi connectivity index (χ2v) is 10.1. The maximum atomic E-state index is 12.9. The van der Waals surface area contributed by atoms with E-state index in [0.29, 0.717) is 4.90 Å². The van der Waals surface area contributed by atoms with Crippen molar-refractivity contribution in [2.75, 3.05) is 24.7 Å². The molecule has 0 saturated heterocycles. The van der Waals surface area contributed by atoms with Crippen molar-refractivity contribution in [3.63, 3.8) is 0 Å². The summed E-state index contributed by atoms with van der Waals surface area (Å²) < 4.78 is 25.9. The molecule has 0 bridgehead atoms. The number of unbranched alkanes of at least 4 members (excludes halogenated alkanes) is 9. The fourth-order valence-electron chi connectivity index (χ4n) is 3.82. The summed E-state index contributed by atoms with van der Waals surface area (Å²) in [4.78, 5) is 2.51. The number of nitrogens with zero attached hydrogens (tertiary/aromatic N) is 1. The Hall–Kier alpha value is -1.55. The van der Waals surface area contributed by atoms with E-state index in [1.165, 1.54) is 44.9 Å². The van der Waals surface area contributed by atoms with E-state index in [-0.39, 0.29) is 5.75 Å². The Balaban J connectivity index is 1.87. The monoisotopic (exact) mass is 403 g/mol. The quantitative estimate of drug-likeness (QED) is 0.354. The number of rotatable bonds is 13. The lowest BCUT2D eigenvalue weighted by Gasteiger charge is -2.17. The summed E-state index contributed by atoms with van der Waals surface area (Å²) in [5.41, 5.74) is 1.05. The van der Waals surface area contributed by atoms with Crippen molar-refractivity contribution in [1.82, 2.24) is 0 Å². The summed E-state index contributed by atoms with van der Waals surface area (Å²) >= 11 is 0. The topological polar surface area (TPSA) is 37.4 Å². The van der Waals surface area contributed by atoms with E-state index in [1.54, 1.807) is 6.07 Å². The lowest BCUT2D eigenvalue weighted by molar-refractivity contribution is 0.558. The molecule has 0 unspecified atom stereocenters. The van der Waals surface area contributed by atoms with Gasteiger partial charge in [-0.3, -0.25) is 0 Å². The van der Waals surface area contributed by atoms with Crippen LogP contribution in [0.15, 0.2) is 41.3 Å². The number of anilines is 1. The predicted octanol–water partition coefficient (Wildman–Crippen LogP) is 6.60. The van der Waals surface area contributed by atoms with E-state index < -0.39 is 9.84 Å². The van der Waals surface area contributed by atoms with Gasteiger partial charge in [0.15, 0.2) is 9.84 Å². The summed E-state index contributed by atoms with van der Waals surface area (Å²) in [7, 11) is 0.716. The summed E-state index contributed by atoms with van der Waals surface area (Å²) in [6, 6.07) is 11.5. The molecule has 2 aromatic carbocycles. The fraction of sp³-hybridized carbons (Fsp3) is 0.583. The Labute approximate surface area is 172 Å². The zero-order chi connectivity index (χ0) is 20.4. The maximum Gasteiger partial charge on any atom is 0.178 e. The lowest BCUT2D eigenvalue weighted by atomic mass is 10.1. The van der Waals surface area contributed by atoms with Crippen molar-refractivity contribution >= 4 is 26.3 Å². The van der Waals surface area contributed by atoms with Gasteiger partial charge in [0, 0.05) is 30.6 Å². The van der Waals surface area contributed by atoms with Gasteiger partial charge < -0.3 is 4.90 Å². The zero-order valence-electron chi connectivity index (χ0n) is 17.9. The number of hydrogen-bond acceptors (Lipinski definition) is 3. The minimum absolute atomic E-state index is 0.245. The summed E-state index contributed by atoms with van der Waals surface area (Å²) in [6.45, 7) is 2.24. The first kappa shape index (κ1) is 22.7. The number of sulfone groups is 1. The molecule has 0 aliphatic carbocycles. The second-order valence-electron chi connectivity index (χ2n) is 8.02. The van der Waals surface area contributed by atoms with Gasteiger partial charge >= 0.3 is 0 Å². The van der Waals surface area contributed by atoms with Crippen LogP contribution < -0.4 is 4.90 Å². The van der Waals surface area contributed by atoms with E-state index in [0.717, 1.165) is 35.7 Å². The second kappa shape index (κ2) is 11.5. The Bertz CT molecular complexity index is 828. The van der Waals surface area contributed by atoms with Gasteiger partial charge in [-0.25, -0.2) is 8.42 Å². The van der Waals surface area contributed by atoms with Gasteiger partial charge in [0.25, 0.3) is 0 Å². The largest absolute Gasteiger partial charge is 0.377 e. The molecule has 0 heterocycles. The molecule has 0 amide bonds. The molecule has 0 spiro atoms. The molecule has 0 aliphatic heterocycles. The van der Waals surface area contributed by atoms with Crippen LogP contribution in [0.1, 0.15) is 71.1 Å². The molecule has 0 saturated carbocycles. The van der Waals surface area contributed by atoms with Gasteiger partial charge in [-0.05, 0) is 18.6 Å². The van der Waals surface area contributed by atoms with Gasteiger partial charge in [-0.15, -0.1) is 0 Å². The molecular formula is C24H37NO2S. The van der Waals surface area contributed by atoms with Gasteiger partial charge in [-0.2, -0.15) is 0 Å². The molecule has 0 aromatic heterocycles. The first-order chi connectivity index (χ1) is 13.5. The van der Waals surface area contributed by atoms with Crippen LogP contribution in [-0.2, 0) is 9.84 Å². The van der Waals surface area contributed by atoms with Crippen LogP contribution in [0.25, 0.3) is 10.8 Å². The van der Waals surface area contributed by atoms with Gasteiger partial charge in [0.2, 0.25) is 0 Å². The Morgan fingerprint density at radius 2 is 1.25 bits per heavy atom. The molecule has 4 heteroatoms. The van der Waals surface area contributed by atoms with Gasteiger partial charge in [0.05, 0.1) is 10.6 Å². The Kier molecular flexibility index (Phi) is 9.30. The highest BCUT2D eigenvalue weighted by Crippen LogP contribution is 2.31. The lowest BCUT2D eigenvalue weighted by Crippen LogP contribution is -2.10. The van der Waals surface area contributed by atoms with Gasteiger partial charge in [-0.1, -0.05) is 89.0 Å². The SMILES string of the molecule is CCCCCCCCCCCCS(=O)(=O)c1cccc2c(N(C)C)cccc12. The first-order valence-electron chi connectivity index (χ1n) is 10.9. The molecular weight excluding hydrogens is 366 g/mol. The van der Waals surface area contributed by atoms with Crippen molar-refractivity contribution in [3.05, 3.63) is 36.4 Å². The van der Waals surface area contributed by atoms with E-state index in [4.69, 9.17) is 0 Å². The summed E-state index contributed by atoms with van der Waals surface area (Å²) in [5.74, 6) is 0.245. The van der Waals surface area contributed by atoms with Crippen LogP contribution in [0.5, 0.6) is 0 Å². The highest BCUT2D eigenvalue weighted by atomic mass is 32.2. The van der Waals surface area contributed by atoms with E-state index in [2.05, 4.69) is 6.92 Å². The van der Waals surface area contributed by atoms with Gasteiger partial charge in [0.1, 0.15) is 0 Å². The molecule has 0 radical (unpaired) electrons. The third-order valence-corrected chi connectivity index (χ3v) is 7.29. The van der Waals surface area contributed by atoms with Crippen LogP contribution >= 0.6 is 0 Å². The Morgan fingerprint density at radius 1 is 0.714 bits per heavy atom. The minimum atomic E-state index is -3.26. The predicted molar refractivity (Wildman–Crippen MR) is 122 cm³/mol. The van der Waals surface area contributed by atoms with Crippen molar-refractivity contribution in [3.8, 4) is 0 Å². The van der Waals surface area contributed by atoms with Crippen molar-refractivity contribution in [1.29, 1.82) is 0 Å². The molecule has 0 N–H and O–H groups in total. The van der Waals surface area contributed by atoms with E-state index >= 15 is 0 Å². The number of benzene rings is 2. The standard InChI is InChI=1S/C24H37NO2S/c1-4-5-6-7-8-9-10-11-12-13-20-28(26,27)24-19-15-16-21-22(24)17-14-18-23(21)25(2)3/h14-19H,4-13,20H2,1-3H3. The third-order valence-electron chi connectivity index (χ3n) is 5.44. The minimum Gasteiger partial charge on any atom is -0.377 e. The summed E-state index contributed by atoms with van der Waals surface area (Å²) in [6.07, 6.45) is 12.1. The molecule has 0 atom stereocenters. The highest BCUT2D eigenvalue weighted by molar-refractivity contribution is 7.91. The van der Waals surface area contributed by atoms with Crippen LogP contribution in [0.2, 0.25) is 0 Å². The molecule has 156 valence electrons. The van der Waals surface area contributed by atoms with Crippen LogP contribution in [-0.4, -0.2) is 28.3 Å². The zero-order valence-corrected chi connectivity index (χ0v) is 18.7. The molecule has 0 fully saturated rings. The van der Waals surface area contributed by atoms with Crippen LogP contribution in [0.3, 0.4) is 0 Å². The van der Waals surface area contributed by atoms with Crippen LogP contribution in [0, 0.1) is 0 Å². The first-order valence-corrected chi connectivity index (χ1v) is 12.5. The van der Waals surface area contributed by atoms with Crippen molar-refractivity contribution < 1.29 is 8.42 Å². The van der Waals surface area contributed by atoms with Crippen molar-refractivity contribution in [2.45, 2.75) is 76.0 Å². The van der Waals surface area contributed by atoms with Crippen molar-refractivity contribution in [2.24, 2.45) is 0 Å². The van der Waals surface area contributed by atoms with Crippen LogP contribution in [0.4, 0.5) is 5.69 Å². The molecule has 28 heavy (non-hydrogen) atoms. The fourth-order valence-corrected chi connectivity index (χ4v) is 5.42. The normalized spacial score (nSPS) is 11.8. The molecule has 2 rings (SSSR count). The number of hydrogen-bond donors (Lipinski definition) is 0. The average Bonchev–Trinajstić information content (AvgIpc) is 2.68. The maximum absolute atomic E-state index is 12.9. The van der Waals surface area contributed by atoms with E-state index in [1.807, 2.05) is 49.3 Å². The van der Waals surface area contributed by atoms with E-state index in [9.17, 15) is 8.42 Å². The smallest absolute Gasteiger partial charge is 0.178 e. The molecule has 3 nitrogen and oxygen atoms in total. The highest BCUT2D eigenvalue weighted by Gasteiger charge is 2.18. The average molecular weight is 404 g/mol.